The summed E-state index contributed by atoms with van der Waals surface area (Å²) in [5.41, 5.74) is 1.37. The number of pyridine rings is 1. The molecule has 2 N–H and O–H groups in total. The number of carbonyl (C=O) groups excluding carboxylic acids is 1. The summed E-state index contributed by atoms with van der Waals surface area (Å²) in [6.07, 6.45) is 3.75. The van der Waals surface area contributed by atoms with E-state index >= 15 is 4.39 Å². The number of methoxy groups -OCH3 is 1. The molecule has 1 saturated carbocycles. The standard InChI is InChI=1S/C37H39FIN7O6S/c1-37(41-35(48)52-4)17-16-24(19-28(37)47)45-32-27(44(3)36(45)49)20-40-34-30(32)29(23-14-12-22(13-15-23)9-8-18-39)31(26-21-43(2)42-33(26)38)46(34)53(50,51)25-10-6-5-7-11-25/h5-7,10-15,20-21,24,28,47H,8-9,16-19H2,1-4H3,(H,41,48)/t24-,28+,37+/m0/s1. The Morgan fingerprint density at radius 3 is 2.49 bits per heavy atom. The summed E-state index contributed by atoms with van der Waals surface area (Å²) >= 11 is 2.33. The number of nitrogens with zero attached hydrogens (tertiary/aromatic N) is 6. The number of rotatable bonds is 9. The van der Waals surface area contributed by atoms with Crippen molar-refractivity contribution in [3.8, 4) is 22.4 Å². The van der Waals surface area contributed by atoms with E-state index in [9.17, 15) is 23.1 Å². The molecule has 0 aliphatic heterocycles. The van der Waals surface area contributed by atoms with Crippen LogP contribution in [0.1, 0.15) is 44.2 Å². The molecule has 0 bridgehead atoms. The minimum Gasteiger partial charge on any atom is -0.453 e. The lowest BCUT2D eigenvalue weighted by atomic mass is 9.78. The van der Waals surface area contributed by atoms with Crippen LogP contribution in [0, 0.1) is 5.95 Å². The maximum atomic E-state index is 16.0. The van der Waals surface area contributed by atoms with Crippen LogP contribution in [0.5, 0.6) is 0 Å². The van der Waals surface area contributed by atoms with Gasteiger partial charge in [-0.15, -0.1) is 5.10 Å². The van der Waals surface area contributed by atoms with Gasteiger partial charge in [-0.1, -0.05) is 65.1 Å². The van der Waals surface area contributed by atoms with Crippen LogP contribution in [0.2, 0.25) is 0 Å². The van der Waals surface area contributed by atoms with Gasteiger partial charge in [0.1, 0.15) is 0 Å². The monoisotopic (exact) mass is 855 g/mol. The summed E-state index contributed by atoms with van der Waals surface area (Å²) in [6.45, 7) is 1.73. The number of benzene rings is 2. The van der Waals surface area contributed by atoms with Crippen molar-refractivity contribution in [1.82, 2.24) is 33.2 Å². The fourth-order valence-corrected chi connectivity index (χ4v) is 9.39. The number of hydrogen-bond donors (Lipinski definition) is 2. The number of aliphatic hydroxyl groups is 1. The van der Waals surface area contributed by atoms with Gasteiger partial charge in [-0.3, -0.25) is 13.8 Å². The highest BCUT2D eigenvalue weighted by Gasteiger charge is 2.43. The third-order valence-corrected chi connectivity index (χ3v) is 12.8. The zero-order valence-electron chi connectivity index (χ0n) is 29.6. The van der Waals surface area contributed by atoms with Gasteiger partial charge in [0.2, 0.25) is 5.95 Å². The van der Waals surface area contributed by atoms with E-state index < -0.39 is 45.4 Å². The first-order valence-electron chi connectivity index (χ1n) is 17.1. The molecule has 6 aromatic rings. The van der Waals surface area contributed by atoms with E-state index in [0.717, 1.165) is 26.8 Å². The maximum Gasteiger partial charge on any atom is 0.407 e. The van der Waals surface area contributed by atoms with Crippen LogP contribution in [0.15, 0.2) is 76.7 Å². The first-order valence-corrected chi connectivity index (χ1v) is 20.1. The number of ether oxygens (including phenoxy) is 1. The van der Waals surface area contributed by atoms with E-state index in [2.05, 4.69) is 33.0 Å². The zero-order valence-corrected chi connectivity index (χ0v) is 32.6. The Balaban J connectivity index is 1.59. The molecule has 0 spiro atoms. The second-order valence-corrected chi connectivity index (χ2v) is 16.5. The third-order valence-electron chi connectivity index (χ3n) is 10.3. The molecule has 0 unspecified atom stereocenters. The molecule has 1 amide bonds. The van der Waals surface area contributed by atoms with Gasteiger partial charge >= 0.3 is 11.8 Å². The number of aryl methyl sites for hydroxylation is 3. The average Bonchev–Trinajstić information content (AvgIpc) is 3.76. The van der Waals surface area contributed by atoms with Gasteiger partial charge in [-0.25, -0.2) is 27.0 Å². The molecule has 0 saturated heterocycles. The highest BCUT2D eigenvalue weighted by atomic mass is 127. The molecule has 4 aromatic heterocycles. The van der Waals surface area contributed by atoms with Crippen LogP contribution in [0.25, 0.3) is 44.5 Å². The molecular weight excluding hydrogens is 816 g/mol. The van der Waals surface area contributed by atoms with Crippen molar-refractivity contribution in [2.75, 3.05) is 11.5 Å². The molecule has 16 heteroatoms. The fourth-order valence-electron chi connectivity index (χ4n) is 7.50. The number of aliphatic hydroxyl groups excluding tert-OH is 1. The zero-order chi connectivity index (χ0) is 37.8. The van der Waals surface area contributed by atoms with Crippen molar-refractivity contribution in [3.63, 3.8) is 0 Å². The second-order valence-electron chi connectivity index (χ2n) is 13.7. The Morgan fingerprint density at radius 1 is 1.15 bits per heavy atom. The van der Waals surface area contributed by atoms with Gasteiger partial charge in [-0.2, -0.15) is 4.39 Å². The van der Waals surface area contributed by atoms with Crippen molar-refractivity contribution in [2.24, 2.45) is 14.1 Å². The van der Waals surface area contributed by atoms with E-state index in [1.807, 2.05) is 24.3 Å². The van der Waals surface area contributed by atoms with Crippen LogP contribution in [0.3, 0.4) is 0 Å². The molecule has 13 nitrogen and oxygen atoms in total. The van der Waals surface area contributed by atoms with Gasteiger partial charge in [-0.05, 0) is 66.7 Å². The number of halogens is 2. The molecule has 0 radical (unpaired) electrons. The van der Waals surface area contributed by atoms with E-state index in [1.54, 1.807) is 43.8 Å². The first kappa shape index (κ1) is 36.8. The Morgan fingerprint density at radius 2 is 1.87 bits per heavy atom. The molecule has 3 atom stereocenters. The van der Waals surface area contributed by atoms with Crippen LogP contribution in [-0.4, -0.2) is 70.7 Å². The Bertz CT molecular complexity index is 2530. The number of aromatic nitrogens is 6. The lowest BCUT2D eigenvalue weighted by molar-refractivity contribution is 0.0149. The van der Waals surface area contributed by atoms with Crippen LogP contribution in [-0.2, 0) is 35.3 Å². The van der Waals surface area contributed by atoms with Crippen molar-refractivity contribution in [1.29, 1.82) is 0 Å². The normalized spacial score (nSPS) is 19.2. The summed E-state index contributed by atoms with van der Waals surface area (Å²) < 4.78 is 56.8. The van der Waals surface area contributed by atoms with E-state index in [-0.39, 0.29) is 28.2 Å². The van der Waals surface area contributed by atoms with E-state index in [0.29, 0.717) is 40.4 Å². The number of carbonyl (C=O) groups is 1. The number of hydrogen-bond acceptors (Lipinski definition) is 8. The summed E-state index contributed by atoms with van der Waals surface area (Å²) in [5.74, 6) is -0.880. The number of nitrogens with one attached hydrogen (secondary N) is 1. The molecule has 1 aliphatic carbocycles. The van der Waals surface area contributed by atoms with Crippen LogP contribution < -0.4 is 11.0 Å². The number of amides is 1. The van der Waals surface area contributed by atoms with Crippen LogP contribution in [0.4, 0.5) is 9.18 Å². The average molecular weight is 856 g/mol. The van der Waals surface area contributed by atoms with Gasteiger partial charge in [0.25, 0.3) is 10.0 Å². The number of fused-ring (bicyclic) bond motifs is 3. The van der Waals surface area contributed by atoms with Crippen LogP contribution >= 0.6 is 22.6 Å². The predicted octanol–water partition coefficient (Wildman–Crippen LogP) is 5.70. The van der Waals surface area contributed by atoms with Gasteiger partial charge in [0.05, 0.1) is 57.5 Å². The van der Waals surface area contributed by atoms with Crippen molar-refractivity contribution < 1.29 is 27.4 Å². The quantitative estimate of drug-likeness (QED) is 0.139. The maximum absolute atomic E-state index is 16.0. The number of alkyl halides is 1. The lowest BCUT2D eigenvalue weighted by Gasteiger charge is -2.42. The SMILES string of the molecule is COC(=O)N[C@]1(C)CC[C@H](n2c(=O)n(C)c3cnc4c(c(-c5ccc(CCCI)cc5)c(-c5cn(C)nc5F)n4S(=O)(=O)c4ccccc4)c32)C[C@H]1O. The minimum absolute atomic E-state index is 0.00324. The predicted molar refractivity (Wildman–Crippen MR) is 207 cm³/mol. The fraction of sp³-hybridized carbons (Fsp3) is 0.351. The summed E-state index contributed by atoms with van der Waals surface area (Å²) in [4.78, 5) is 31.1. The topological polar surface area (TPSA) is 155 Å². The summed E-state index contributed by atoms with van der Waals surface area (Å²) in [5, 5.41) is 18.5. The molecule has 53 heavy (non-hydrogen) atoms. The highest BCUT2D eigenvalue weighted by Crippen LogP contribution is 2.46. The van der Waals surface area contributed by atoms with Gasteiger partial charge < -0.3 is 15.2 Å². The van der Waals surface area contributed by atoms with E-state index in [1.165, 1.54) is 40.9 Å². The molecule has 2 aromatic carbocycles. The largest absolute Gasteiger partial charge is 0.453 e. The molecular formula is C37H39FIN7O6S. The number of imidazole rings is 1. The Hall–Kier alpha value is -4.55. The van der Waals surface area contributed by atoms with Crippen molar-refractivity contribution >= 4 is 60.8 Å². The molecule has 1 fully saturated rings. The molecule has 4 heterocycles. The number of alkyl carbamates (subject to hydrolysis) is 1. The molecule has 278 valence electrons. The van der Waals surface area contributed by atoms with Gasteiger partial charge in [0, 0.05) is 31.9 Å². The lowest BCUT2D eigenvalue weighted by Crippen LogP contribution is -2.57. The van der Waals surface area contributed by atoms with E-state index in [4.69, 9.17) is 9.72 Å². The summed E-state index contributed by atoms with van der Waals surface area (Å²) in [6, 6.07) is 15.0. The van der Waals surface area contributed by atoms with Gasteiger partial charge in [0.15, 0.2) is 5.65 Å². The van der Waals surface area contributed by atoms with Crippen molar-refractivity contribution in [3.05, 3.63) is 89.0 Å². The highest BCUT2D eigenvalue weighted by molar-refractivity contribution is 14.1. The second kappa shape index (κ2) is 14.0. The Kier molecular flexibility index (Phi) is 9.73. The first-order chi connectivity index (χ1) is 25.3. The summed E-state index contributed by atoms with van der Waals surface area (Å²) in [7, 11) is -0.0364. The molecule has 1 aliphatic rings. The molecule has 7 rings (SSSR count). The Labute approximate surface area is 318 Å². The van der Waals surface area contributed by atoms with Crippen molar-refractivity contribution in [2.45, 2.75) is 61.6 Å². The minimum atomic E-state index is -4.44. The smallest absolute Gasteiger partial charge is 0.407 e. The third kappa shape index (κ3) is 6.23.